The number of aromatic nitrogens is 3. The standard InChI is InChI=1S/C15H16N4/c16-15-17-9-8-12(19-15)5-3-4-11-10-18-14-7-2-1-6-13(11)14/h1-2,6-10,18H,3-5H2,(H2,16,17,19). The number of nitrogens with two attached hydrogens (primary N) is 1. The van der Waals surface area contributed by atoms with E-state index in [2.05, 4.69) is 39.3 Å². The number of nitrogens with one attached hydrogen (secondary N) is 1. The van der Waals surface area contributed by atoms with E-state index in [1.54, 1.807) is 6.20 Å². The Balaban J connectivity index is 1.66. The van der Waals surface area contributed by atoms with Gasteiger partial charge >= 0.3 is 0 Å². The molecule has 0 aliphatic carbocycles. The third-order valence-electron chi connectivity index (χ3n) is 3.29. The zero-order valence-corrected chi connectivity index (χ0v) is 10.6. The number of hydrogen-bond donors (Lipinski definition) is 2. The van der Waals surface area contributed by atoms with Crippen molar-refractivity contribution in [1.29, 1.82) is 0 Å². The van der Waals surface area contributed by atoms with Gasteiger partial charge in [0, 0.05) is 29.0 Å². The monoisotopic (exact) mass is 252 g/mol. The molecule has 0 radical (unpaired) electrons. The van der Waals surface area contributed by atoms with Gasteiger partial charge in [0.1, 0.15) is 0 Å². The summed E-state index contributed by atoms with van der Waals surface area (Å²) in [5.74, 6) is 0.351. The highest BCUT2D eigenvalue weighted by atomic mass is 15.0. The highest BCUT2D eigenvalue weighted by molar-refractivity contribution is 5.82. The second-order valence-corrected chi connectivity index (χ2v) is 4.62. The summed E-state index contributed by atoms with van der Waals surface area (Å²) in [6.45, 7) is 0. The maximum Gasteiger partial charge on any atom is 0.220 e. The molecule has 0 amide bonds. The lowest BCUT2D eigenvalue weighted by molar-refractivity contribution is 0.800. The Morgan fingerprint density at radius 1 is 1.11 bits per heavy atom. The summed E-state index contributed by atoms with van der Waals surface area (Å²) in [5, 5.41) is 1.31. The molecule has 3 N–H and O–H groups in total. The first-order valence-electron chi connectivity index (χ1n) is 6.45. The van der Waals surface area contributed by atoms with E-state index in [0.717, 1.165) is 25.0 Å². The third-order valence-corrected chi connectivity index (χ3v) is 3.29. The topological polar surface area (TPSA) is 67.6 Å². The summed E-state index contributed by atoms with van der Waals surface area (Å²) in [4.78, 5) is 11.4. The fourth-order valence-electron chi connectivity index (χ4n) is 2.35. The molecule has 0 aliphatic heterocycles. The number of benzene rings is 1. The Hall–Kier alpha value is -2.36. The largest absolute Gasteiger partial charge is 0.368 e. The van der Waals surface area contributed by atoms with E-state index in [1.165, 1.54) is 16.5 Å². The number of nitrogens with zero attached hydrogens (tertiary/aromatic N) is 2. The van der Waals surface area contributed by atoms with Crippen LogP contribution in [0.25, 0.3) is 10.9 Å². The van der Waals surface area contributed by atoms with Crippen molar-refractivity contribution in [1.82, 2.24) is 15.0 Å². The number of aromatic amines is 1. The molecule has 1 aromatic carbocycles. The molecule has 0 saturated heterocycles. The molecule has 4 heteroatoms. The van der Waals surface area contributed by atoms with Gasteiger partial charge in [0.15, 0.2) is 0 Å². The molecule has 3 rings (SSSR count). The van der Waals surface area contributed by atoms with E-state index in [0.29, 0.717) is 5.95 Å². The Morgan fingerprint density at radius 2 is 2.00 bits per heavy atom. The molecule has 0 atom stereocenters. The van der Waals surface area contributed by atoms with Crippen LogP contribution in [-0.2, 0) is 12.8 Å². The summed E-state index contributed by atoms with van der Waals surface area (Å²) >= 11 is 0. The summed E-state index contributed by atoms with van der Waals surface area (Å²) in [5.41, 5.74) is 9.14. The lowest BCUT2D eigenvalue weighted by Gasteiger charge is -2.01. The average Bonchev–Trinajstić information content (AvgIpc) is 2.83. The summed E-state index contributed by atoms with van der Waals surface area (Å²) < 4.78 is 0. The van der Waals surface area contributed by atoms with E-state index in [-0.39, 0.29) is 0 Å². The van der Waals surface area contributed by atoms with Crippen LogP contribution in [0.4, 0.5) is 5.95 Å². The van der Waals surface area contributed by atoms with Crippen molar-refractivity contribution in [2.24, 2.45) is 0 Å². The number of rotatable bonds is 4. The number of H-pyrrole nitrogens is 1. The lowest BCUT2D eigenvalue weighted by atomic mass is 10.1. The molecule has 0 fully saturated rings. The normalized spacial score (nSPS) is 10.9. The minimum absolute atomic E-state index is 0.351. The Kier molecular flexibility index (Phi) is 3.14. The Labute approximate surface area is 111 Å². The number of aryl methyl sites for hydroxylation is 2. The zero-order valence-electron chi connectivity index (χ0n) is 10.6. The SMILES string of the molecule is Nc1nccc(CCCc2c[nH]c3ccccc23)n1. The second-order valence-electron chi connectivity index (χ2n) is 4.62. The van der Waals surface area contributed by atoms with E-state index in [9.17, 15) is 0 Å². The molecule has 4 nitrogen and oxygen atoms in total. The highest BCUT2D eigenvalue weighted by Crippen LogP contribution is 2.19. The van der Waals surface area contributed by atoms with Gasteiger partial charge in [0.05, 0.1) is 0 Å². The molecule has 2 heterocycles. The van der Waals surface area contributed by atoms with Crippen LogP contribution in [0, 0.1) is 0 Å². The van der Waals surface area contributed by atoms with Gasteiger partial charge in [0.2, 0.25) is 5.95 Å². The average molecular weight is 252 g/mol. The van der Waals surface area contributed by atoms with E-state index >= 15 is 0 Å². The van der Waals surface area contributed by atoms with Crippen molar-refractivity contribution in [2.75, 3.05) is 5.73 Å². The van der Waals surface area contributed by atoms with Crippen LogP contribution in [-0.4, -0.2) is 15.0 Å². The molecule has 0 bridgehead atoms. The minimum atomic E-state index is 0.351. The first kappa shape index (κ1) is 11.7. The smallest absolute Gasteiger partial charge is 0.220 e. The molecular weight excluding hydrogens is 236 g/mol. The highest BCUT2D eigenvalue weighted by Gasteiger charge is 2.03. The van der Waals surface area contributed by atoms with Crippen LogP contribution in [0.2, 0.25) is 0 Å². The second kappa shape index (κ2) is 5.10. The van der Waals surface area contributed by atoms with Gasteiger partial charge in [0.25, 0.3) is 0 Å². The van der Waals surface area contributed by atoms with E-state index < -0.39 is 0 Å². The summed E-state index contributed by atoms with van der Waals surface area (Å²) in [7, 11) is 0. The fraction of sp³-hybridized carbons (Fsp3) is 0.200. The molecule has 0 spiro atoms. The number of nitrogen functional groups attached to an aromatic ring is 1. The van der Waals surface area contributed by atoms with Gasteiger partial charge in [-0.25, -0.2) is 9.97 Å². The van der Waals surface area contributed by atoms with Gasteiger partial charge in [-0.1, -0.05) is 18.2 Å². The molecule has 0 unspecified atom stereocenters. The van der Waals surface area contributed by atoms with Crippen LogP contribution in [0.15, 0.2) is 42.7 Å². The zero-order chi connectivity index (χ0) is 13.1. The summed E-state index contributed by atoms with van der Waals surface area (Å²) in [6.07, 6.45) is 6.82. The number of para-hydroxylation sites is 1. The maximum absolute atomic E-state index is 5.57. The van der Waals surface area contributed by atoms with E-state index in [4.69, 9.17) is 5.73 Å². The molecule has 0 saturated carbocycles. The quantitative estimate of drug-likeness (QED) is 0.750. The van der Waals surface area contributed by atoms with Gasteiger partial charge < -0.3 is 10.7 Å². The van der Waals surface area contributed by atoms with Crippen molar-refractivity contribution < 1.29 is 0 Å². The van der Waals surface area contributed by atoms with Crippen molar-refractivity contribution in [3.63, 3.8) is 0 Å². The molecule has 2 aromatic heterocycles. The minimum Gasteiger partial charge on any atom is -0.368 e. The molecule has 19 heavy (non-hydrogen) atoms. The maximum atomic E-state index is 5.57. The van der Waals surface area contributed by atoms with Crippen molar-refractivity contribution in [3.05, 3.63) is 54.0 Å². The first-order valence-corrected chi connectivity index (χ1v) is 6.45. The van der Waals surface area contributed by atoms with Crippen LogP contribution in [0.3, 0.4) is 0 Å². The van der Waals surface area contributed by atoms with Gasteiger partial charge in [-0.3, -0.25) is 0 Å². The number of anilines is 1. The molecular formula is C15H16N4. The van der Waals surface area contributed by atoms with Crippen LogP contribution in [0.1, 0.15) is 17.7 Å². The van der Waals surface area contributed by atoms with Gasteiger partial charge in [-0.2, -0.15) is 0 Å². The van der Waals surface area contributed by atoms with Crippen LogP contribution >= 0.6 is 0 Å². The van der Waals surface area contributed by atoms with Crippen molar-refractivity contribution in [3.8, 4) is 0 Å². The molecule has 96 valence electrons. The van der Waals surface area contributed by atoms with Crippen LogP contribution < -0.4 is 5.73 Å². The predicted molar refractivity (Wildman–Crippen MR) is 76.8 cm³/mol. The van der Waals surface area contributed by atoms with Gasteiger partial charge in [-0.15, -0.1) is 0 Å². The Bertz CT molecular complexity index is 687. The van der Waals surface area contributed by atoms with E-state index in [1.807, 2.05) is 12.1 Å². The first-order chi connectivity index (χ1) is 9.33. The Morgan fingerprint density at radius 3 is 2.89 bits per heavy atom. The van der Waals surface area contributed by atoms with Crippen molar-refractivity contribution in [2.45, 2.75) is 19.3 Å². The van der Waals surface area contributed by atoms with Crippen molar-refractivity contribution >= 4 is 16.9 Å². The summed E-state index contributed by atoms with van der Waals surface area (Å²) in [6, 6.07) is 10.3. The lowest BCUT2D eigenvalue weighted by Crippen LogP contribution is -1.99. The predicted octanol–water partition coefficient (Wildman–Crippen LogP) is 2.72. The van der Waals surface area contributed by atoms with Gasteiger partial charge in [-0.05, 0) is 37.0 Å². The number of fused-ring (bicyclic) bond motifs is 1. The molecule has 0 aliphatic rings. The number of hydrogen-bond acceptors (Lipinski definition) is 3. The third kappa shape index (κ3) is 2.57. The molecule has 3 aromatic rings. The fourth-order valence-corrected chi connectivity index (χ4v) is 2.35. The van der Waals surface area contributed by atoms with Crippen LogP contribution in [0.5, 0.6) is 0 Å².